The molecule has 0 fully saturated rings. The molecule has 0 aliphatic heterocycles. The highest BCUT2D eigenvalue weighted by Crippen LogP contribution is 2.29. The van der Waals surface area contributed by atoms with Crippen molar-refractivity contribution in [3.05, 3.63) is 35.4 Å². The molecule has 0 aromatic heterocycles. The lowest BCUT2D eigenvalue weighted by atomic mass is 9.99. The minimum Gasteiger partial charge on any atom is -0.356 e. The molecule has 1 aromatic rings. The van der Waals surface area contributed by atoms with E-state index in [1.54, 1.807) is 6.92 Å². The number of nitrogens with two attached hydrogens (primary N) is 1. The van der Waals surface area contributed by atoms with Gasteiger partial charge in [-0.1, -0.05) is 26.0 Å². The molecule has 6 heteroatoms. The molecule has 0 spiro atoms. The standard InChI is InChI=1S/C15H21F3N2O/c1-10(8-19)9-20-14(21)11(2)7-12-3-5-13(6-4-12)15(16,17)18/h3-6,10-11H,7-9,19H2,1-2H3,(H,20,21). The maximum atomic E-state index is 12.4. The van der Waals surface area contributed by atoms with Crippen LogP contribution in [0.2, 0.25) is 0 Å². The number of alkyl halides is 3. The first-order valence-electron chi connectivity index (χ1n) is 6.88. The van der Waals surface area contributed by atoms with Gasteiger partial charge in [0.2, 0.25) is 5.91 Å². The SMILES string of the molecule is CC(CN)CNC(=O)C(C)Cc1ccc(C(F)(F)F)cc1. The fraction of sp³-hybridized carbons (Fsp3) is 0.533. The lowest BCUT2D eigenvalue weighted by molar-refractivity contribution is -0.137. The number of halogens is 3. The van der Waals surface area contributed by atoms with Gasteiger partial charge in [0.15, 0.2) is 0 Å². The van der Waals surface area contributed by atoms with Gasteiger partial charge in [-0.15, -0.1) is 0 Å². The third-order valence-electron chi connectivity index (χ3n) is 3.30. The van der Waals surface area contributed by atoms with Crippen molar-refractivity contribution >= 4 is 5.91 Å². The smallest absolute Gasteiger partial charge is 0.356 e. The number of hydrogen-bond donors (Lipinski definition) is 2. The number of rotatable bonds is 6. The molecule has 1 amide bonds. The highest BCUT2D eigenvalue weighted by atomic mass is 19.4. The van der Waals surface area contributed by atoms with Crippen molar-refractivity contribution in [2.45, 2.75) is 26.4 Å². The van der Waals surface area contributed by atoms with Gasteiger partial charge in [-0.3, -0.25) is 4.79 Å². The highest BCUT2D eigenvalue weighted by molar-refractivity contribution is 5.78. The molecular formula is C15H21F3N2O. The molecule has 1 rings (SSSR count). The Morgan fingerprint density at radius 2 is 1.81 bits per heavy atom. The van der Waals surface area contributed by atoms with Crippen molar-refractivity contribution in [3.63, 3.8) is 0 Å². The predicted octanol–water partition coefficient (Wildman–Crippen LogP) is 2.60. The van der Waals surface area contributed by atoms with Crippen molar-refractivity contribution in [1.82, 2.24) is 5.32 Å². The van der Waals surface area contributed by atoms with Crippen LogP contribution in [-0.2, 0) is 17.4 Å². The first-order chi connectivity index (χ1) is 9.74. The molecule has 3 N–H and O–H groups in total. The zero-order chi connectivity index (χ0) is 16.0. The number of hydrogen-bond acceptors (Lipinski definition) is 2. The van der Waals surface area contributed by atoms with E-state index in [1.807, 2.05) is 6.92 Å². The van der Waals surface area contributed by atoms with Gasteiger partial charge in [0.1, 0.15) is 0 Å². The summed E-state index contributed by atoms with van der Waals surface area (Å²) in [5, 5.41) is 2.79. The average molecular weight is 302 g/mol. The Bertz CT molecular complexity index is 457. The molecule has 0 aliphatic rings. The largest absolute Gasteiger partial charge is 0.416 e. The number of carbonyl (C=O) groups is 1. The van der Waals surface area contributed by atoms with E-state index in [1.165, 1.54) is 12.1 Å². The fourth-order valence-corrected chi connectivity index (χ4v) is 1.81. The summed E-state index contributed by atoms with van der Waals surface area (Å²) >= 11 is 0. The second-order valence-electron chi connectivity index (χ2n) is 5.39. The summed E-state index contributed by atoms with van der Waals surface area (Å²) < 4.78 is 37.3. The fourth-order valence-electron chi connectivity index (χ4n) is 1.81. The topological polar surface area (TPSA) is 55.1 Å². The Hall–Kier alpha value is -1.56. The quantitative estimate of drug-likeness (QED) is 0.848. The van der Waals surface area contributed by atoms with Crippen LogP contribution in [0.3, 0.4) is 0 Å². The van der Waals surface area contributed by atoms with Crippen molar-refractivity contribution in [1.29, 1.82) is 0 Å². The Kier molecular flexibility index (Phi) is 6.20. The van der Waals surface area contributed by atoms with Gasteiger partial charge in [0.05, 0.1) is 5.56 Å². The molecule has 3 nitrogen and oxygen atoms in total. The molecule has 0 saturated heterocycles. The van der Waals surface area contributed by atoms with Crippen LogP contribution < -0.4 is 11.1 Å². The molecule has 118 valence electrons. The van der Waals surface area contributed by atoms with Crippen molar-refractivity contribution in [3.8, 4) is 0 Å². The number of carbonyl (C=O) groups excluding carboxylic acids is 1. The molecule has 1 aromatic carbocycles. The predicted molar refractivity (Wildman–Crippen MR) is 75.5 cm³/mol. The molecule has 0 aliphatic carbocycles. The van der Waals surface area contributed by atoms with Gasteiger partial charge in [-0.25, -0.2) is 0 Å². The maximum absolute atomic E-state index is 12.4. The first-order valence-corrected chi connectivity index (χ1v) is 6.88. The molecule has 0 heterocycles. The van der Waals surface area contributed by atoms with E-state index in [4.69, 9.17) is 5.73 Å². The zero-order valence-corrected chi connectivity index (χ0v) is 12.2. The van der Waals surface area contributed by atoms with Crippen LogP contribution in [0.1, 0.15) is 25.0 Å². The summed E-state index contributed by atoms with van der Waals surface area (Å²) in [5.74, 6) is -0.214. The number of amides is 1. The van der Waals surface area contributed by atoms with Crippen molar-refractivity contribution in [2.75, 3.05) is 13.1 Å². The summed E-state index contributed by atoms with van der Waals surface area (Å²) in [7, 11) is 0. The zero-order valence-electron chi connectivity index (χ0n) is 12.2. The van der Waals surface area contributed by atoms with Crippen LogP contribution in [0, 0.1) is 11.8 Å². The van der Waals surface area contributed by atoms with Crippen LogP contribution in [0.5, 0.6) is 0 Å². The van der Waals surface area contributed by atoms with Gasteiger partial charge in [0, 0.05) is 12.5 Å². The molecule has 2 unspecified atom stereocenters. The third-order valence-corrected chi connectivity index (χ3v) is 3.30. The number of benzene rings is 1. The minimum absolute atomic E-state index is 0.116. The Morgan fingerprint density at radius 3 is 2.29 bits per heavy atom. The van der Waals surface area contributed by atoms with Gasteiger partial charge < -0.3 is 11.1 Å². The van der Waals surface area contributed by atoms with E-state index >= 15 is 0 Å². The summed E-state index contributed by atoms with van der Waals surface area (Å²) in [5.41, 5.74) is 5.49. The number of nitrogens with one attached hydrogen (secondary N) is 1. The molecule has 2 atom stereocenters. The van der Waals surface area contributed by atoms with Crippen LogP contribution in [-0.4, -0.2) is 19.0 Å². The summed E-state index contributed by atoms with van der Waals surface area (Å²) in [6.45, 7) is 4.68. The van der Waals surface area contributed by atoms with Gasteiger partial charge in [0.25, 0.3) is 0 Å². The molecular weight excluding hydrogens is 281 g/mol. The van der Waals surface area contributed by atoms with Crippen molar-refractivity contribution in [2.24, 2.45) is 17.6 Å². The third kappa shape index (κ3) is 5.75. The Labute approximate surface area is 122 Å². The van der Waals surface area contributed by atoms with E-state index < -0.39 is 11.7 Å². The van der Waals surface area contributed by atoms with Crippen LogP contribution in [0.4, 0.5) is 13.2 Å². The normalized spacial score (nSPS) is 14.6. The molecule has 21 heavy (non-hydrogen) atoms. The Morgan fingerprint density at radius 1 is 1.24 bits per heavy atom. The van der Waals surface area contributed by atoms with Crippen LogP contribution >= 0.6 is 0 Å². The van der Waals surface area contributed by atoms with E-state index in [0.717, 1.165) is 12.1 Å². The van der Waals surface area contributed by atoms with E-state index in [0.29, 0.717) is 25.1 Å². The minimum atomic E-state index is -4.33. The van der Waals surface area contributed by atoms with Crippen molar-refractivity contribution < 1.29 is 18.0 Å². The van der Waals surface area contributed by atoms with Gasteiger partial charge in [-0.2, -0.15) is 13.2 Å². The van der Waals surface area contributed by atoms with Gasteiger partial charge in [-0.05, 0) is 36.6 Å². The second-order valence-corrected chi connectivity index (χ2v) is 5.39. The lowest BCUT2D eigenvalue weighted by Crippen LogP contribution is -2.35. The monoisotopic (exact) mass is 302 g/mol. The summed E-state index contributed by atoms with van der Waals surface area (Å²) in [6, 6.07) is 4.90. The summed E-state index contributed by atoms with van der Waals surface area (Å²) in [4.78, 5) is 11.9. The molecule has 0 saturated carbocycles. The van der Waals surface area contributed by atoms with Crippen LogP contribution in [0.25, 0.3) is 0 Å². The van der Waals surface area contributed by atoms with E-state index in [-0.39, 0.29) is 17.7 Å². The summed E-state index contributed by atoms with van der Waals surface area (Å²) in [6.07, 6.45) is -3.93. The first kappa shape index (κ1) is 17.5. The Balaban J connectivity index is 2.54. The average Bonchev–Trinajstić information content (AvgIpc) is 2.43. The maximum Gasteiger partial charge on any atom is 0.416 e. The highest BCUT2D eigenvalue weighted by Gasteiger charge is 2.30. The molecule has 0 bridgehead atoms. The van der Waals surface area contributed by atoms with E-state index in [2.05, 4.69) is 5.32 Å². The lowest BCUT2D eigenvalue weighted by Gasteiger charge is -2.15. The molecule has 0 radical (unpaired) electrons. The van der Waals surface area contributed by atoms with Crippen LogP contribution in [0.15, 0.2) is 24.3 Å². The second kappa shape index (κ2) is 7.45. The van der Waals surface area contributed by atoms with Gasteiger partial charge >= 0.3 is 6.18 Å². The van der Waals surface area contributed by atoms with E-state index in [9.17, 15) is 18.0 Å².